The molecule has 0 saturated carbocycles. The smallest absolute Gasteiger partial charge is 0.264 e. The molecule has 6 heteroatoms. The maximum absolute atomic E-state index is 12.0. The standard InChI is InChI=1S/C11H14N4OS/c1-11(2,3)15-9(16)8-6(12)7-10(17-8)14-5-4-13-7/h4-5H,12H2,1-3H3,(H,15,16). The number of nitrogens with zero attached hydrogens (tertiary/aromatic N) is 2. The van der Waals surface area contributed by atoms with Gasteiger partial charge < -0.3 is 11.1 Å². The first kappa shape index (κ1) is 11.8. The summed E-state index contributed by atoms with van der Waals surface area (Å²) in [5.41, 5.74) is 6.61. The van der Waals surface area contributed by atoms with Crippen LogP contribution >= 0.6 is 11.3 Å². The normalized spacial score (nSPS) is 11.7. The van der Waals surface area contributed by atoms with E-state index in [9.17, 15) is 4.79 Å². The lowest BCUT2D eigenvalue weighted by molar-refractivity contribution is 0.0924. The molecule has 0 radical (unpaired) electrons. The van der Waals surface area contributed by atoms with E-state index in [4.69, 9.17) is 5.73 Å². The fraction of sp³-hybridized carbons (Fsp3) is 0.364. The van der Waals surface area contributed by atoms with Crippen molar-refractivity contribution in [3.63, 3.8) is 0 Å². The predicted molar refractivity (Wildman–Crippen MR) is 69.0 cm³/mol. The number of anilines is 1. The highest BCUT2D eigenvalue weighted by atomic mass is 32.1. The molecule has 0 aliphatic heterocycles. The lowest BCUT2D eigenvalue weighted by atomic mass is 10.1. The van der Waals surface area contributed by atoms with E-state index >= 15 is 0 Å². The quantitative estimate of drug-likeness (QED) is 0.808. The van der Waals surface area contributed by atoms with Gasteiger partial charge in [0, 0.05) is 17.9 Å². The van der Waals surface area contributed by atoms with Crippen molar-refractivity contribution in [2.24, 2.45) is 0 Å². The first-order valence-corrected chi connectivity index (χ1v) is 6.01. The van der Waals surface area contributed by atoms with Crippen molar-refractivity contribution in [2.45, 2.75) is 26.3 Å². The van der Waals surface area contributed by atoms with Crippen LogP contribution < -0.4 is 11.1 Å². The highest BCUT2D eigenvalue weighted by Crippen LogP contribution is 2.30. The van der Waals surface area contributed by atoms with Crippen LogP contribution in [-0.4, -0.2) is 21.4 Å². The summed E-state index contributed by atoms with van der Waals surface area (Å²) in [6.45, 7) is 5.76. The number of nitrogens with one attached hydrogen (secondary N) is 1. The second-order valence-corrected chi connectivity index (χ2v) is 5.76. The molecule has 90 valence electrons. The minimum atomic E-state index is -0.291. The zero-order valence-electron chi connectivity index (χ0n) is 9.94. The van der Waals surface area contributed by atoms with Gasteiger partial charge in [-0.15, -0.1) is 11.3 Å². The average Bonchev–Trinajstić information content (AvgIpc) is 2.55. The first-order valence-electron chi connectivity index (χ1n) is 5.20. The average molecular weight is 250 g/mol. The Morgan fingerprint density at radius 2 is 2.00 bits per heavy atom. The molecule has 0 aliphatic carbocycles. The van der Waals surface area contributed by atoms with E-state index in [-0.39, 0.29) is 11.4 Å². The zero-order valence-corrected chi connectivity index (χ0v) is 10.8. The summed E-state index contributed by atoms with van der Waals surface area (Å²) in [7, 11) is 0. The van der Waals surface area contributed by atoms with Gasteiger partial charge in [0.1, 0.15) is 15.2 Å². The second kappa shape index (κ2) is 3.96. The van der Waals surface area contributed by atoms with Gasteiger partial charge in [-0.1, -0.05) is 0 Å². The molecule has 17 heavy (non-hydrogen) atoms. The largest absolute Gasteiger partial charge is 0.396 e. The number of nitrogen functional groups attached to an aromatic ring is 1. The van der Waals surface area contributed by atoms with E-state index in [1.54, 1.807) is 12.4 Å². The summed E-state index contributed by atoms with van der Waals surface area (Å²) in [6, 6.07) is 0. The summed E-state index contributed by atoms with van der Waals surface area (Å²) in [4.78, 5) is 21.4. The van der Waals surface area contributed by atoms with Crippen molar-refractivity contribution in [3.8, 4) is 0 Å². The van der Waals surface area contributed by atoms with Gasteiger partial charge in [0.2, 0.25) is 0 Å². The molecule has 0 aromatic carbocycles. The molecule has 0 spiro atoms. The molecule has 1 amide bonds. The molecular formula is C11H14N4OS. The molecule has 0 unspecified atom stereocenters. The highest BCUT2D eigenvalue weighted by molar-refractivity contribution is 7.21. The molecule has 0 aliphatic rings. The Morgan fingerprint density at radius 3 is 2.59 bits per heavy atom. The SMILES string of the molecule is CC(C)(C)NC(=O)c1sc2nccnc2c1N. The van der Waals surface area contributed by atoms with Crippen LogP contribution in [0.1, 0.15) is 30.4 Å². The van der Waals surface area contributed by atoms with Gasteiger partial charge in [-0.25, -0.2) is 9.97 Å². The number of thiophene rings is 1. The molecule has 0 bridgehead atoms. The van der Waals surface area contributed by atoms with Crippen molar-refractivity contribution in [1.82, 2.24) is 15.3 Å². The van der Waals surface area contributed by atoms with Crippen molar-refractivity contribution >= 4 is 33.3 Å². The van der Waals surface area contributed by atoms with Crippen LogP contribution in [0.4, 0.5) is 5.69 Å². The number of hydrogen-bond donors (Lipinski definition) is 2. The third-order valence-electron chi connectivity index (χ3n) is 2.06. The van der Waals surface area contributed by atoms with E-state index in [1.165, 1.54) is 11.3 Å². The van der Waals surface area contributed by atoms with E-state index in [1.807, 2.05) is 20.8 Å². The lowest BCUT2D eigenvalue weighted by Crippen LogP contribution is -2.40. The predicted octanol–water partition coefficient (Wildman–Crippen LogP) is 1.80. The van der Waals surface area contributed by atoms with Crippen LogP contribution in [0, 0.1) is 0 Å². The van der Waals surface area contributed by atoms with E-state index < -0.39 is 0 Å². The molecule has 3 N–H and O–H groups in total. The Kier molecular flexibility index (Phi) is 2.74. The topological polar surface area (TPSA) is 80.9 Å². The van der Waals surface area contributed by atoms with Gasteiger partial charge in [-0.3, -0.25) is 4.79 Å². The molecular weight excluding hydrogens is 236 g/mol. The van der Waals surface area contributed by atoms with Gasteiger partial charge in [-0.05, 0) is 20.8 Å². The fourth-order valence-electron chi connectivity index (χ4n) is 1.41. The fourth-order valence-corrected chi connectivity index (χ4v) is 2.33. The van der Waals surface area contributed by atoms with Crippen molar-refractivity contribution < 1.29 is 4.79 Å². The van der Waals surface area contributed by atoms with Crippen LogP contribution in [0.15, 0.2) is 12.4 Å². The summed E-state index contributed by atoms with van der Waals surface area (Å²) in [6.07, 6.45) is 3.15. The molecule has 5 nitrogen and oxygen atoms in total. The Morgan fingerprint density at radius 1 is 1.35 bits per heavy atom. The molecule has 2 heterocycles. The van der Waals surface area contributed by atoms with Gasteiger partial charge in [0.05, 0.1) is 5.69 Å². The zero-order chi connectivity index (χ0) is 12.6. The van der Waals surface area contributed by atoms with Gasteiger partial charge in [-0.2, -0.15) is 0 Å². The number of fused-ring (bicyclic) bond motifs is 1. The molecule has 0 atom stereocenters. The molecule has 0 fully saturated rings. The number of carbonyl (C=O) groups is 1. The first-order chi connectivity index (χ1) is 7.88. The monoisotopic (exact) mass is 250 g/mol. The van der Waals surface area contributed by atoms with E-state index in [2.05, 4.69) is 15.3 Å². The lowest BCUT2D eigenvalue weighted by Gasteiger charge is -2.19. The summed E-state index contributed by atoms with van der Waals surface area (Å²) < 4.78 is 0. The minimum Gasteiger partial charge on any atom is -0.396 e. The number of carbonyl (C=O) groups excluding carboxylic acids is 1. The Labute approximate surface area is 103 Å². The van der Waals surface area contributed by atoms with Crippen LogP contribution in [-0.2, 0) is 0 Å². The summed E-state index contributed by atoms with van der Waals surface area (Å²) in [5, 5.41) is 2.87. The Bertz CT molecular complexity index is 570. The van der Waals surface area contributed by atoms with Crippen LogP contribution in [0.3, 0.4) is 0 Å². The summed E-state index contributed by atoms with van der Waals surface area (Å²) >= 11 is 1.26. The second-order valence-electron chi connectivity index (χ2n) is 4.76. The van der Waals surface area contributed by atoms with Crippen molar-refractivity contribution in [2.75, 3.05) is 5.73 Å². The number of aromatic nitrogens is 2. The van der Waals surface area contributed by atoms with Crippen molar-refractivity contribution in [1.29, 1.82) is 0 Å². The van der Waals surface area contributed by atoms with Gasteiger partial charge in [0.15, 0.2) is 0 Å². The molecule has 0 saturated heterocycles. The van der Waals surface area contributed by atoms with E-state index in [0.29, 0.717) is 20.9 Å². The summed E-state index contributed by atoms with van der Waals surface area (Å²) in [5.74, 6) is -0.181. The van der Waals surface area contributed by atoms with Crippen LogP contribution in [0.2, 0.25) is 0 Å². The van der Waals surface area contributed by atoms with Gasteiger partial charge >= 0.3 is 0 Å². The van der Waals surface area contributed by atoms with Crippen LogP contribution in [0.5, 0.6) is 0 Å². The van der Waals surface area contributed by atoms with Crippen LogP contribution in [0.25, 0.3) is 10.3 Å². The molecule has 2 aromatic heterocycles. The maximum Gasteiger partial charge on any atom is 0.264 e. The van der Waals surface area contributed by atoms with Gasteiger partial charge in [0.25, 0.3) is 5.91 Å². The van der Waals surface area contributed by atoms with E-state index in [0.717, 1.165) is 0 Å². The third kappa shape index (κ3) is 2.36. The number of amides is 1. The maximum atomic E-state index is 12.0. The Balaban J connectivity index is 2.43. The van der Waals surface area contributed by atoms with Crippen molar-refractivity contribution in [3.05, 3.63) is 17.3 Å². The number of rotatable bonds is 1. The highest BCUT2D eigenvalue weighted by Gasteiger charge is 2.21. The number of nitrogens with two attached hydrogens (primary N) is 1. The Hall–Kier alpha value is -1.69. The number of hydrogen-bond acceptors (Lipinski definition) is 5. The minimum absolute atomic E-state index is 0.181. The molecule has 2 rings (SSSR count). The third-order valence-corrected chi connectivity index (χ3v) is 3.16. The molecule has 2 aromatic rings.